The summed E-state index contributed by atoms with van der Waals surface area (Å²) in [5.41, 5.74) is 1.17. The maximum absolute atomic E-state index is 12.2. The number of ether oxygens (including phenoxy) is 1. The van der Waals surface area contributed by atoms with Crippen LogP contribution in [-0.4, -0.2) is 42.2 Å². The van der Waals surface area contributed by atoms with Gasteiger partial charge in [0.05, 0.1) is 5.02 Å². The average molecular weight is 357 g/mol. The number of carbonyl (C=O) groups is 1. The van der Waals surface area contributed by atoms with Gasteiger partial charge in [-0.3, -0.25) is 0 Å². The van der Waals surface area contributed by atoms with Gasteiger partial charge >= 0.3 is 6.09 Å². The molecule has 2 heterocycles. The highest BCUT2D eigenvalue weighted by Crippen LogP contribution is 2.20. The predicted octanol–water partition coefficient (Wildman–Crippen LogP) is 3.07. The van der Waals surface area contributed by atoms with Crippen molar-refractivity contribution < 1.29 is 9.53 Å². The minimum atomic E-state index is -0.315. The lowest BCUT2D eigenvalue weighted by atomic mass is 10.2. The fourth-order valence-corrected chi connectivity index (χ4v) is 2.76. The van der Waals surface area contributed by atoms with Gasteiger partial charge in [-0.15, -0.1) is 0 Å². The van der Waals surface area contributed by atoms with Crippen molar-refractivity contribution in [3.05, 3.63) is 58.7 Å². The summed E-state index contributed by atoms with van der Waals surface area (Å²) in [5.74, 6) is 0.693. The van der Waals surface area contributed by atoms with E-state index in [2.05, 4.69) is 4.98 Å². The van der Waals surface area contributed by atoms with E-state index in [1.165, 1.54) is 0 Å². The standard InChI is InChI=1S/C18H17ClN4O2/c19-15-6-7-17(21-16(15)12-20)22-8-10-23(11-9-22)18(24)25-13-14-4-2-1-3-5-14/h1-7H,8-11,13H2. The van der Waals surface area contributed by atoms with Crippen LogP contribution in [0.2, 0.25) is 5.02 Å². The number of anilines is 1. The number of nitriles is 1. The van der Waals surface area contributed by atoms with E-state index in [-0.39, 0.29) is 18.4 Å². The van der Waals surface area contributed by atoms with E-state index in [0.717, 1.165) is 5.56 Å². The predicted molar refractivity (Wildman–Crippen MR) is 94.4 cm³/mol. The maximum atomic E-state index is 12.2. The Kier molecular flexibility index (Phi) is 5.36. The molecular weight excluding hydrogens is 340 g/mol. The van der Waals surface area contributed by atoms with Gasteiger partial charge in [-0.25, -0.2) is 9.78 Å². The first-order chi connectivity index (χ1) is 12.2. The summed E-state index contributed by atoms with van der Waals surface area (Å²) in [5, 5.41) is 9.37. The van der Waals surface area contributed by atoms with E-state index >= 15 is 0 Å². The number of amides is 1. The molecule has 1 amide bonds. The van der Waals surface area contributed by atoms with Crippen molar-refractivity contribution in [2.45, 2.75) is 6.61 Å². The molecule has 1 aliphatic heterocycles. The fraction of sp³-hybridized carbons (Fsp3) is 0.278. The van der Waals surface area contributed by atoms with Gasteiger partial charge < -0.3 is 14.5 Å². The second kappa shape index (κ2) is 7.86. The summed E-state index contributed by atoms with van der Waals surface area (Å²) in [6, 6.07) is 15.0. The third-order valence-electron chi connectivity index (χ3n) is 4.00. The molecule has 0 bridgehead atoms. The van der Waals surface area contributed by atoms with Crippen molar-refractivity contribution in [3.8, 4) is 6.07 Å². The van der Waals surface area contributed by atoms with Gasteiger partial charge in [0.2, 0.25) is 0 Å². The quantitative estimate of drug-likeness (QED) is 0.845. The summed E-state index contributed by atoms with van der Waals surface area (Å²) in [6.07, 6.45) is -0.315. The van der Waals surface area contributed by atoms with E-state index in [0.29, 0.717) is 37.0 Å². The fourth-order valence-electron chi connectivity index (χ4n) is 2.62. The number of rotatable bonds is 3. The van der Waals surface area contributed by atoms with Gasteiger partial charge in [-0.05, 0) is 17.7 Å². The molecule has 0 N–H and O–H groups in total. The van der Waals surface area contributed by atoms with Crippen LogP contribution in [0.1, 0.15) is 11.3 Å². The molecule has 0 unspecified atom stereocenters. The molecule has 0 aliphatic carbocycles. The molecule has 1 aliphatic rings. The molecule has 3 rings (SSSR count). The zero-order chi connectivity index (χ0) is 17.6. The number of halogens is 1. The van der Waals surface area contributed by atoms with Gasteiger partial charge in [0.15, 0.2) is 5.69 Å². The molecule has 1 aromatic carbocycles. The van der Waals surface area contributed by atoms with Crippen molar-refractivity contribution in [2.75, 3.05) is 31.1 Å². The van der Waals surface area contributed by atoms with E-state index < -0.39 is 0 Å². The van der Waals surface area contributed by atoms with Crippen molar-refractivity contribution >= 4 is 23.5 Å². The molecule has 7 heteroatoms. The van der Waals surface area contributed by atoms with E-state index in [1.807, 2.05) is 41.3 Å². The Labute approximate surface area is 151 Å². The van der Waals surface area contributed by atoms with Crippen LogP contribution in [0.15, 0.2) is 42.5 Å². The van der Waals surface area contributed by atoms with Crippen molar-refractivity contribution in [1.29, 1.82) is 5.26 Å². The van der Waals surface area contributed by atoms with Crippen molar-refractivity contribution in [1.82, 2.24) is 9.88 Å². The maximum Gasteiger partial charge on any atom is 0.410 e. The third kappa shape index (κ3) is 4.20. The molecule has 6 nitrogen and oxygen atoms in total. The average Bonchev–Trinajstić information content (AvgIpc) is 2.67. The third-order valence-corrected chi connectivity index (χ3v) is 4.31. The molecule has 0 spiro atoms. The molecule has 1 fully saturated rings. The summed E-state index contributed by atoms with van der Waals surface area (Å²) in [7, 11) is 0. The lowest BCUT2D eigenvalue weighted by Gasteiger charge is -2.34. The lowest BCUT2D eigenvalue weighted by molar-refractivity contribution is 0.0941. The second-order valence-electron chi connectivity index (χ2n) is 5.63. The topological polar surface area (TPSA) is 69.5 Å². The van der Waals surface area contributed by atoms with Gasteiger partial charge in [-0.1, -0.05) is 41.9 Å². The number of pyridine rings is 1. The second-order valence-corrected chi connectivity index (χ2v) is 6.03. The van der Waals surface area contributed by atoms with Crippen LogP contribution in [0.4, 0.5) is 10.6 Å². The Morgan fingerprint density at radius 1 is 1.16 bits per heavy atom. The van der Waals surface area contributed by atoms with Crippen LogP contribution in [0.3, 0.4) is 0 Å². The monoisotopic (exact) mass is 356 g/mol. The van der Waals surface area contributed by atoms with Crippen LogP contribution < -0.4 is 4.90 Å². The van der Waals surface area contributed by atoms with Crippen LogP contribution in [0.25, 0.3) is 0 Å². The van der Waals surface area contributed by atoms with Gasteiger partial charge in [0.25, 0.3) is 0 Å². The molecule has 1 saturated heterocycles. The number of carbonyl (C=O) groups excluding carboxylic acids is 1. The molecule has 2 aromatic rings. The number of hydrogen-bond donors (Lipinski definition) is 0. The van der Waals surface area contributed by atoms with E-state index in [9.17, 15) is 4.79 Å². The van der Waals surface area contributed by atoms with Crippen molar-refractivity contribution in [3.63, 3.8) is 0 Å². The summed E-state index contributed by atoms with van der Waals surface area (Å²) >= 11 is 5.91. The van der Waals surface area contributed by atoms with Crippen LogP contribution >= 0.6 is 11.6 Å². The van der Waals surface area contributed by atoms with Crippen LogP contribution in [0, 0.1) is 11.3 Å². The Hall–Kier alpha value is -2.78. The molecular formula is C18H17ClN4O2. The summed E-state index contributed by atoms with van der Waals surface area (Å²) in [4.78, 5) is 20.1. The first-order valence-corrected chi connectivity index (χ1v) is 8.32. The van der Waals surface area contributed by atoms with Crippen LogP contribution in [0.5, 0.6) is 0 Å². The first-order valence-electron chi connectivity index (χ1n) is 7.94. The van der Waals surface area contributed by atoms with Gasteiger partial charge in [-0.2, -0.15) is 5.26 Å². The zero-order valence-electron chi connectivity index (χ0n) is 13.6. The molecule has 128 valence electrons. The highest BCUT2D eigenvalue weighted by atomic mass is 35.5. The minimum Gasteiger partial charge on any atom is -0.445 e. The van der Waals surface area contributed by atoms with Gasteiger partial charge in [0, 0.05) is 26.2 Å². The SMILES string of the molecule is N#Cc1nc(N2CCN(C(=O)OCc3ccccc3)CC2)ccc1Cl. The smallest absolute Gasteiger partial charge is 0.410 e. The van der Waals surface area contributed by atoms with Gasteiger partial charge in [0.1, 0.15) is 18.5 Å². The number of aromatic nitrogens is 1. The zero-order valence-corrected chi connectivity index (χ0v) is 14.3. The molecule has 25 heavy (non-hydrogen) atoms. The number of hydrogen-bond acceptors (Lipinski definition) is 5. The Balaban J connectivity index is 1.53. The molecule has 0 saturated carbocycles. The Bertz CT molecular complexity index is 783. The molecule has 0 radical (unpaired) electrons. The first kappa shape index (κ1) is 17.1. The van der Waals surface area contributed by atoms with E-state index in [1.54, 1.807) is 17.0 Å². The molecule has 1 aromatic heterocycles. The normalized spacial score (nSPS) is 14.1. The minimum absolute atomic E-state index is 0.212. The summed E-state index contributed by atoms with van der Waals surface area (Å²) in [6.45, 7) is 2.60. The Morgan fingerprint density at radius 2 is 1.88 bits per heavy atom. The highest BCUT2D eigenvalue weighted by Gasteiger charge is 2.23. The summed E-state index contributed by atoms with van der Waals surface area (Å²) < 4.78 is 5.35. The van der Waals surface area contributed by atoms with E-state index in [4.69, 9.17) is 21.6 Å². The Morgan fingerprint density at radius 3 is 2.56 bits per heavy atom. The van der Waals surface area contributed by atoms with Crippen LogP contribution in [-0.2, 0) is 11.3 Å². The number of nitrogens with zero attached hydrogens (tertiary/aromatic N) is 4. The molecule has 0 atom stereocenters. The highest BCUT2D eigenvalue weighted by molar-refractivity contribution is 6.31. The number of piperazine rings is 1. The number of benzene rings is 1. The lowest BCUT2D eigenvalue weighted by Crippen LogP contribution is -2.49. The largest absolute Gasteiger partial charge is 0.445 e. The van der Waals surface area contributed by atoms with Crippen molar-refractivity contribution in [2.24, 2.45) is 0 Å².